The summed E-state index contributed by atoms with van der Waals surface area (Å²) < 4.78 is 15.5. The number of nitrogens with zero attached hydrogens (tertiary/aromatic N) is 1. The minimum absolute atomic E-state index is 0.0110. The summed E-state index contributed by atoms with van der Waals surface area (Å²) in [5.74, 6) is -0.187. The van der Waals surface area contributed by atoms with Gasteiger partial charge in [-0.05, 0) is 54.6 Å². The Balaban J connectivity index is 1.75. The summed E-state index contributed by atoms with van der Waals surface area (Å²) in [5, 5.41) is 6.23. The number of rotatable bonds is 7. The highest BCUT2D eigenvalue weighted by atomic mass is 32.1. The van der Waals surface area contributed by atoms with E-state index in [4.69, 9.17) is 0 Å². The standard InChI is InChI=1S/C25H25FN2OS/c1-17(2)27-25(29)14-21(24-8-5-13-30-24)22-16-28(23-7-4-3-6-20(22)23)15-18-9-11-19(26)12-10-18/h3-13,16-17,21H,14-15H2,1-2H3,(H,27,29). The van der Waals surface area contributed by atoms with E-state index < -0.39 is 0 Å². The maximum Gasteiger partial charge on any atom is 0.221 e. The van der Waals surface area contributed by atoms with Gasteiger partial charge >= 0.3 is 0 Å². The predicted molar refractivity (Wildman–Crippen MR) is 121 cm³/mol. The second-order valence-corrected chi connectivity index (χ2v) is 8.83. The van der Waals surface area contributed by atoms with Gasteiger partial charge in [-0.25, -0.2) is 4.39 Å². The maximum atomic E-state index is 13.3. The molecule has 30 heavy (non-hydrogen) atoms. The Hall–Kier alpha value is -2.92. The van der Waals surface area contributed by atoms with Crippen molar-refractivity contribution in [3.63, 3.8) is 0 Å². The monoisotopic (exact) mass is 420 g/mol. The van der Waals surface area contributed by atoms with Crippen LogP contribution in [0.5, 0.6) is 0 Å². The van der Waals surface area contributed by atoms with Crippen LogP contribution in [0.4, 0.5) is 4.39 Å². The lowest BCUT2D eigenvalue weighted by Crippen LogP contribution is -2.31. The number of para-hydroxylation sites is 1. The molecule has 0 aliphatic heterocycles. The van der Waals surface area contributed by atoms with Crippen molar-refractivity contribution in [1.29, 1.82) is 0 Å². The quantitative estimate of drug-likeness (QED) is 0.395. The van der Waals surface area contributed by atoms with Crippen molar-refractivity contribution >= 4 is 28.1 Å². The van der Waals surface area contributed by atoms with Gasteiger partial charge in [0.15, 0.2) is 0 Å². The van der Waals surface area contributed by atoms with Crippen LogP contribution in [0.25, 0.3) is 10.9 Å². The van der Waals surface area contributed by atoms with Crippen molar-refractivity contribution in [1.82, 2.24) is 9.88 Å². The number of nitrogens with one attached hydrogen (secondary N) is 1. The average Bonchev–Trinajstić information content (AvgIpc) is 3.36. The number of halogens is 1. The summed E-state index contributed by atoms with van der Waals surface area (Å²) >= 11 is 1.68. The molecule has 0 bridgehead atoms. The first-order valence-electron chi connectivity index (χ1n) is 10.2. The van der Waals surface area contributed by atoms with Crippen molar-refractivity contribution in [2.45, 2.75) is 38.8 Å². The third-order valence-corrected chi connectivity index (χ3v) is 6.17. The lowest BCUT2D eigenvalue weighted by molar-refractivity contribution is -0.121. The minimum Gasteiger partial charge on any atom is -0.354 e. The molecule has 1 atom stereocenters. The van der Waals surface area contributed by atoms with Crippen molar-refractivity contribution in [2.75, 3.05) is 0 Å². The molecule has 4 aromatic rings. The summed E-state index contributed by atoms with van der Waals surface area (Å²) in [5.41, 5.74) is 3.30. The van der Waals surface area contributed by atoms with Crippen LogP contribution in [0, 0.1) is 5.82 Å². The van der Waals surface area contributed by atoms with Gasteiger partial charge in [0.05, 0.1) is 0 Å². The third-order valence-electron chi connectivity index (χ3n) is 5.19. The molecule has 0 saturated heterocycles. The largest absolute Gasteiger partial charge is 0.354 e. The van der Waals surface area contributed by atoms with E-state index in [1.54, 1.807) is 11.3 Å². The van der Waals surface area contributed by atoms with Crippen LogP contribution in [0.2, 0.25) is 0 Å². The number of benzene rings is 2. The number of thiophene rings is 1. The molecule has 1 unspecified atom stereocenters. The Morgan fingerprint density at radius 1 is 1.07 bits per heavy atom. The Morgan fingerprint density at radius 2 is 1.83 bits per heavy atom. The van der Waals surface area contributed by atoms with Crippen molar-refractivity contribution in [3.8, 4) is 0 Å². The van der Waals surface area contributed by atoms with E-state index in [0.29, 0.717) is 13.0 Å². The Labute approximate surface area is 180 Å². The SMILES string of the molecule is CC(C)NC(=O)CC(c1cccs1)c1cn(Cc2ccc(F)cc2)c2ccccc12. The molecule has 2 aromatic heterocycles. The van der Waals surface area contributed by atoms with Crippen LogP contribution in [-0.4, -0.2) is 16.5 Å². The molecular weight excluding hydrogens is 395 g/mol. The highest BCUT2D eigenvalue weighted by molar-refractivity contribution is 7.10. The van der Waals surface area contributed by atoms with Gasteiger partial charge in [-0.15, -0.1) is 11.3 Å². The molecule has 0 aliphatic rings. The zero-order chi connectivity index (χ0) is 21.1. The average molecular weight is 421 g/mol. The number of amides is 1. The van der Waals surface area contributed by atoms with E-state index in [2.05, 4.69) is 39.7 Å². The molecule has 1 amide bonds. The maximum absolute atomic E-state index is 13.3. The Kier molecular flexibility index (Phi) is 6.00. The summed E-state index contributed by atoms with van der Waals surface area (Å²) in [7, 11) is 0. The van der Waals surface area contributed by atoms with E-state index in [9.17, 15) is 9.18 Å². The summed E-state index contributed by atoms with van der Waals surface area (Å²) in [6.07, 6.45) is 2.56. The lowest BCUT2D eigenvalue weighted by atomic mass is 9.93. The molecule has 2 heterocycles. The first-order valence-corrected chi connectivity index (χ1v) is 11.0. The lowest BCUT2D eigenvalue weighted by Gasteiger charge is -2.16. The molecule has 154 valence electrons. The molecule has 1 N–H and O–H groups in total. The topological polar surface area (TPSA) is 34.0 Å². The van der Waals surface area contributed by atoms with Gasteiger partial charge in [-0.3, -0.25) is 4.79 Å². The number of hydrogen-bond donors (Lipinski definition) is 1. The zero-order valence-corrected chi connectivity index (χ0v) is 18.0. The van der Waals surface area contributed by atoms with Crippen LogP contribution >= 0.6 is 11.3 Å². The first-order chi connectivity index (χ1) is 14.5. The van der Waals surface area contributed by atoms with Crippen LogP contribution in [0.15, 0.2) is 72.2 Å². The Morgan fingerprint density at radius 3 is 2.53 bits per heavy atom. The number of carbonyl (C=O) groups excluding carboxylic acids is 1. The highest BCUT2D eigenvalue weighted by Gasteiger charge is 2.23. The number of carbonyl (C=O) groups is 1. The van der Waals surface area contributed by atoms with Crippen molar-refractivity contribution in [3.05, 3.63) is 94.1 Å². The van der Waals surface area contributed by atoms with Gasteiger partial charge in [0, 0.05) is 46.9 Å². The van der Waals surface area contributed by atoms with E-state index in [1.807, 2.05) is 44.2 Å². The summed E-state index contributed by atoms with van der Waals surface area (Å²) in [4.78, 5) is 13.8. The molecule has 5 heteroatoms. The molecule has 0 fully saturated rings. The molecular formula is C25H25FN2OS. The van der Waals surface area contributed by atoms with Crippen LogP contribution in [0.3, 0.4) is 0 Å². The van der Waals surface area contributed by atoms with E-state index in [1.165, 1.54) is 17.0 Å². The molecule has 0 aliphatic carbocycles. The third kappa shape index (κ3) is 4.46. The highest BCUT2D eigenvalue weighted by Crippen LogP contribution is 2.37. The first kappa shape index (κ1) is 20.4. The van der Waals surface area contributed by atoms with Crippen molar-refractivity contribution < 1.29 is 9.18 Å². The normalized spacial score (nSPS) is 12.4. The van der Waals surface area contributed by atoms with Gasteiger partial charge in [-0.2, -0.15) is 0 Å². The molecule has 3 nitrogen and oxygen atoms in total. The van der Waals surface area contributed by atoms with E-state index >= 15 is 0 Å². The molecule has 2 aromatic carbocycles. The fourth-order valence-electron chi connectivity index (χ4n) is 3.89. The fraction of sp³-hybridized carbons (Fsp3) is 0.240. The van der Waals surface area contributed by atoms with Crippen LogP contribution in [0.1, 0.15) is 42.2 Å². The number of hydrogen-bond acceptors (Lipinski definition) is 2. The molecule has 0 spiro atoms. The fourth-order valence-corrected chi connectivity index (χ4v) is 4.74. The smallest absolute Gasteiger partial charge is 0.221 e. The summed E-state index contributed by atoms with van der Waals surface area (Å²) in [6.45, 7) is 4.61. The second-order valence-electron chi connectivity index (χ2n) is 7.85. The molecule has 4 rings (SSSR count). The van der Waals surface area contributed by atoms with Crippen LogP contribution < -0.4 is 5.32 Å². The summed E-state index contributed by atoms with van der Waals surface area (Å²) in [6, 6.07) is 19.1. The van der Waals surface area contributed by atoms with Gasteiger partial charge < -0.3 is 9.88 Å². The van der Waals surface area contributed by atoms with Crippen molar-refractivity contribution in [2.24, 2.45) is 0 Å². The zero-order valence-electron chi connectivity index (χ0n) is 17.1. The number of aromatic nitrogens is 1. The van der Waals surface area contributed by atoms with E-state index in [0.717, 1.165) is 22.0 Å². The van der Waals surface area contributed by atoms with E-state index in [-0.39, 0.29) is 23.7 Å². The van der Waals surface area contributed by atoms with Gasteiger partial charge in [-0.1, -0.05) is 36.4 Å². The van der Waals surface area contributed by atoms with Gasteiger partial charge in [0.25, 0.3) is 0 Å². The van der Waals surface area contributed by atoms with Gasteiger partial charge in [0.2, 0.25) is 5.91 Å². The predicted octanol–water partition coefficient (Wildman–Crippen LogP) is 5.94. The minimum atomic E-state index is -0.231. The Bertz CT molecular complexity index is 1130. The molecule has 0 radical (unpaired) electrons. The molecule has 0 saturated carbocycles. The van der Waals surface area contributed by atoms with Gasteiger partial charge in [0.1, 0.15) is 5.82 Å². The number of fused-ring (bicyclic) bond motifs is 1. The second kappa shape index (κ2) is 8.84. The van der Waals surface area contributed by atoms with Crippen LogP contribution in [-0.2, 0) is 11.3 Å².